The van der Waals surface area contributed by atoms with Crippen molar-refractivity contribution in [3.8, 4) is 12.3 Å². The molecule has 0 aliphatic carbocycles. The molecule has 2 rings (SSSR count). The van der Waals surface area contributed by atoms with Crippen LogP contribution in [0, 0.1) is 12.3 Å². The van der Waals surface area contributed by atoms with Gasteiger partial charge in [0.15, 0.2) is 5.78 Å². The van der Waals surface area contributed by atoms with Crippen LogP contribution in [0.15, 0.2) is 95.7 Å². The number of allylic oxidation sites excluding steroid dienone is 7. The Morgan fingerprint density at radius 1 is 0.809 bits per heavy atom. The number of carbonyl (C=O) groups is 1. The summed E-state index contributed by atoms with van der Waals surface area (Å²) in [7, 11) is 3.45. The molecule has 7 N–H and O–H groups in total. The number of ketones is 1. The van der Waals surface area contributed by atoms with E-state index in [9.17, 15) is 4.79 Å². The number of nitrogens with two attached hydrogens (primary N) is 3. The van der Waals surface area contributed by atoms with Crippen molar-refractivity contribution in [2.45, 2.75) is 107 Å². The van der Waals surface area contributed by atoms with Gasteiger partial charge in [-0.05, 0) is 87.9 Å². The third-order valence-corrected chi connectivity index (χ3v) is 6.68. The zero-order chi connectivity index (χ0) is 36.9. The Balaban J connectivity index is -0.000000283. The molecule has 0 unspecified atom stereocenters. The fourth-order valence-corrected chi connectivity index (χ4v) is 3.77. The van der Waals surface area contributed by atoms with E-state index in [1.165, 1.54) is 73.1 Å². The molecule has 2 aromatic rings. The molecule has 0 aliphatic rings. The quantitative estimate of drug-likeness (QED) is 0.0639. The van der Waals surface area contributed by atoms with Crippen molar-refractivity contribution in [2.75, 3.05) is 20.8 Å². The summed E-state index contributed by atoms with van der Waals surface area (Å²) in [6.45, 7) is 18.7. The number of aryl methyl sites for hydroxylation is 2. The van der Waals surface area contributed by atoms with Crippen LogP contribution < -0.4 is 22.5 Å². The third kappa shape index (κ3) is 29.5. The lowest BCUT2D eigenvalue weighted by molar-refractivity contribution is -0.113. The van der Waals surface area contributed by atoms with Gasteiger partial charge in [0.2, 0.25) is 0 Å². The van der Waals surface area contributed by atoms with Crippen LogP contribution in [0.1, 0.15) is 111 Å². The Morgan fingerprint density at radius 3 is 1.55 bits per heavy atom. The van der Waals surface area contributed by atoms with Gasteiger partial charge in [-0.3, -0.25) is 4.79 Å². The lowest BCUT2D eigenvalue weighted by Crippen LogP contribution is -2.08. The maximum atomic E-state index is 10.4. The highest BCUT2D eigenvalue weighted by atomic mass is 16.1. The van der Waals surface area contributed by atoms with Crippen LogP contribution in [0.3, 0.4) is 0 Å². The molecule has 5 nitrogen and oxygen atoms in total. The summed E-state index contributed by atoms with van der Waals surface area (Å²) in [5.74, 6) is 2.22. The Kier molecular flexibility index (Phi) is 41.1. The third-order valence-electron chi connectivity index (χ3n) is 6.68. The van der Waals surface area contributed by atoms with E-state index >= 15 is 0 Å². The summed E-state index contributed by atoms with van der Waals surface area (Å²) in [6, 6.07) is 19.3. The minimum atomic E-state index is -0.0463. The normalized spacial score (nSPS) is 10.7. The molecule has 0 spiro atoms. The highest BCUT2D eigenvalue weighted by molar-refractivity contribution is 5.97. The number of Topliss-reactive ketones (excluding diaryl/α,β-unsaturated/α-hetero) is 1. The molecule has 5 heteroatoms. The van der Waals surface area contributed by atoms with E-state index in [0.29, 0.717) is 5.57 Å². The first-order chi connectivity index (χ1) is 22.6. The van der Waals surface area contributed by atoms with Gasteiger partial charge in [-0.2, -0.15) is 0 Å². The van der Waals surface area contributed by atoms with Gasteiger partial charge >= 0.3 is 0 Å². The molecule has 47 heavy (non-hydrogen) atoms. The molecular formula is C42H70N4O. The second-order valence-corrected chi connectivity index (χ2v) is 10.1. The molecule has 0 fully saturated rings. The number of benzene rings is 2. The summed E-state index contributed by atoms with van der Waals surface area (Å²) in [4.78, 5) is 10.4. The minimum absolute atomic E-state index is 0.0463. The van der Waals surface area contributed by atoms with E-state index < -0.39 is 0 Å². The molecule has 0 bridgehead atoms. The zero-order valence-corrected chi connectivity index (χ0v) is 31.9. The predicted octanol–water partition coefficient (Wildman–Crippen LogP) is 9.54. The Labute approximate surface area is 290 Å². The largest absolute Gasteiger partial charge is 0.393 e. The van der Waals surface area contributed by atoms with Gasteiger partial charge < -0.3 is 22.5 Å². The first-order valence-electron chi connectivity index (χ1n) is 17.1. The van der Waals surface area contributed by atoms with Gasteiger partial charge in [-0.1, -0.05) is 139 Å². The summed E-state index contributed by atoms with van der Waals surface area (Å²) < 4.78 is 0. The van der Waals surface area contributed by atoms with Crippen LogP contribution >= 0.6 is 0 Å². The van der Waals surface area contributed by atoms with Gasteiger partial charge in [0.1, 0.15) is 0 Å². The maximum Gasteiger partial charge on any atom is 0.167 e. The Bertz CT molecular complexity index is 1150. The van der Waals surface area contributed by atoms with Crippen LogP contribution in [0.2, 0.25) is 0 Å². The van der Waals surface area contributed by atoms with Crippen LogP contribution in [0.5, 0.6) is 0 Å². The van der Waals surface area contributed by atoms with E-state index in [4.69, 9.17) is 6.42 Å². The standard InChI is InChI=1S/C19H27N.C8H10.C7H8O.C6H14.CH6N2.CH5N/c1-6-15(4)17(8-3)13-19(14-20-5)18-11-9-16(7-2)10-12-18;1-2-8-6-4-3-5-7-8;1-4-7(5-2)6(3)8;1-3-5-6-4-2;2-1-3;1-2/h6,9-14,20H,7-8H2,1-5H3;3-7H,2H2,1H3;1,5H,2-3H3;3-6H2,1-2H3;1-3H2;2H2,1H3/b15-6-,17-13+,19-14+;;7-5+;;;. The summed E-state index contributed by atoms with van der Waals surface area (Å²) in [6.07, 6.45) is 21.9. The highest BCUT2D eigenvalue weighted by Crippen LogP contribution is 2.22. The lowest BCUT2D eigenvalue weighted by Gasteiger charge is -2.09. The van der Waals surface area contributed by atoms with Crippen molar-refractivity contribution in [2.24, 2.45) is 17.2 Å². The van der Waals surface area contributed by atoms with E-state index in [0.717, 1.165) is 19.3 Å². The molecule has 0 aliphatic heterocycles. The molecule has 0 heterocycles. The van der Waals surface area contributed by atoms with Gasteiger partial charge in [0.25, 0.3) is 0 Å². The van der Waals surface area contributed by atoms with Crippen LogP contribution in [0.4, 0.5) is 0 Å². The lowest BCUT2D eigenvalue weighted by atomic mass is 9.97. The van der Waals surface area contributed by atoms with Crippen molar-refractivity contribution >= 4 is 11.4 Å². The molecule has 0 saturated carbocycles. The highest BCUT2D eigenvalue weighted by Gasteiger charge is 2.03. The fourth-order valence-electron chi connectivity index (χ4n) is 3.77. The van der Waals surface area contributed by atoms with E-state index in [2.05, 4.69) is 144 Å². The van der Waals surface area contributed by atoms with Crippen molar-refractivity contribution in [1.29, 1.82) is 0 Å². The van der Waals surface area contributed by atoms with Crippen LogP contribution in [-0.2, 0) is 17.6 Å². The van der Waals surface area contributed by atoms with Gasteiger partial charge in [-0.15, -0.1) is 6.42 Å². The summed E-state index contributed by atoms with van der Waals surface area (Å²) in [5.41, 5.74) is 22.2. The number of unbranched alkanes of at least 4 members (excludes halogenated alkanes) is 3. The molecule has 0 radical (unpaired) electrons. The second kappa shape index (κ2) is 38.5. The zero-order valence-electron chi connectivity index (χ0n) is 31.9. The van der Waals surface area contributed by atoms with E-state index in [-0.39, 0.29) is 12.5 Å². The average molecular weight is 647 g/mol. The van der Waals surface area contributed by atoms with Gasteiger partial charge in [0.05, 0.1) is 5.57 Å². The molecule has 0 amide bonds. The molecule has 2 aromatic carbocycles. The van der Waals surface area contributed by atoms with E-state index in [1.807, 2.05) is 13.1 Å². The van der Waals surface area contributed by atoms with Crippen molar-refractivity contribution < 1.29 is 4.79 Å². The number of hydrogen-bond donors (Lipinski definition) is 4. The smallest absolute Gasteiger partial charge is 0.167 e. The molecular weight excluding hydrogens is 576 g/mol. The molecule has 0 aromatic heterocycles. The maximum absolute atomic E-state index is 10.4. The molecule has 0 atom stereocenters. The van der Waals surface area contributed by atoms with Gasteiger partial charge in [0, 0.05) is 19.9 Å². The Morgan fingerprint density at radius 2 is 1.28 bits per heavy atom. The van der Waals surface area contributed by atoms with Crippen LogP contribution in [0.25, 0.3) is 5.57 Å². The summed E-state index contributed by atoms with van der Waals surface area (Å²) in [5, 5.41) is 3.16. The average Bonchev–Trinajstić information content (AvgIpc) is 3.11. The monoisotopic (exact) mass is 647 g/mol. The first-order valence-corrected chi connectivity index (χ1v) is 17.1. The van der Waals surface area contributed by atoms with Crippen LogP contribution in [-0.4, -0.2) is 26.5 Å². The molecule has 264 valence electrons. The number of rotatable bonds is 11. The number of terminal acetylenes is 1. The van der Waals surface area contributed by atoms with Crippen molar-refractivity contribution in [1.82, 2.24) is 5.32 Å². The molecule has 0 saturated heterocycles. The predicted molar refractivity (Wildman–Crippen MR) is 213 cm³/mol. The van der Waals surface area contributed by atoms with Crippen molar-refractivity contribution in [3.63, 3.8) is 0 Å². The number of carbonyl (C=O) groups excluding carboxylic acids is 1. The SMILES string of the molecule is C#C/C(=C\C)C(C)=O.CCCCCC.CCc1ccccc1.CN.C\C=C(C)/C(=C/C(=C\NC)c1ccc(CC)cc1)CC.NCN. The topological polar surface area (TPSA) is 107 Å². The number of hydrogen-bond acceptors (Lipinski definition) is 5. The fraction of sp³-hybridized carbons (Fsp3) is 0.452. The summed E-state index contributed by atoms with van der Waals surface area (Å²) >= 11 is 0. The minimum Gasteiger partial charge on any atom is -0.393 e. The van der Waals surface area contributed by atoms with Gasteiger partial charge in [-0.25, -0.2) is 0 Å². The Hall–Kier alpha value is -3.69. The van der Waals surface area contributed by atoms with E-state index in [1.54, 1.807) is 13.0 Å². The van der Waals surface area contributed by atoms with Crippen molar-refractivity contribution in [3.05, 3.63) is 112 Å². The second-order valence-electron chi connectivity index (χ2n) is 10.1. The first kappa shape index (κ1) is 50.2. The number of nitrogens with one attached hydrogen (secondary N) is 1.